The third kappa shape index (κ3) is 7.22. The van der Waals surface area contributed by atoms with Gasteiger partial charge in [0.25, 0.3) is 11.8 Å². The molecule has 1 saturated heterocycles. The molecule has 3 fully saturated rings. The fourth-order valence-electron chi connectivity index (χ4n) is 7.04. The molecule has 17 heteroatoms. The Morgan fingerprint density at radius 1 is 1.13 bits per heavy atom. The number of sulfonamides is 1. The molecule has 0 spiro atoms. The minimum absolute atomic E-state index is 0.00331. The molecule has 3 N–H and O–H groups in total. The summed E-state index contributed by atoms with van der Waals surface area (Å²) in [4.78, 5) is 65.9. The van der Waals surface area contributed by atoms with Crippen LogP contribution in [0.15, 0.2) is 40.9 Å². The predicted molar refractivity (Wildman–Crippen MR) is 187 cm³/mol. The largest absolute Gasteiger partial charge is 0.471 e. The fourth-order valence-corrected chi connectivity index (χ4v) is 8.35. The minimum Gasteiger partial charge on any atom is -0.471 e. The number of fused-ring (bicyclic) bond motifs is 3. The van der Waals surface area contributed by atoms with Crippen molar-refractivity contribution in [2.75, 3.05) is 6.54 Å². The van der Waals surface area contributed by atoms with Crippen LogP contribution in [0.25, 0.3) is 11.0 Å². The summed E-state index contributed by atoms with van der Waals surface area (Å²) in [5.74, 6) is -3.33. The number of para-hydroxylation sites is 1. The number of ether oxygens (including phenoxy) is 1. The third-order valence-electron chi connectivity index (χ3n) is 10.7. The van der Waals surface area contributed by atoms with Crippen molar-refractivity contribution in [1.82, 2.24) is 35.4 Å². The first kappa shape index (κ1) is 36.4. The van der Waals surface area contributed by atoms with Gasteiger partial charge >= 0.3 is 0 Å². The summed E-state index contributed by atoms with van der Waals surface area (Å²) < 4.78 is 53.3. The number of benzene rings is 1. The smallest absolute Gasteiger partial charge is 0.274 e. The lowest BCUT2D eigenvalue weighted by molar-refractivity contribution is -0.141. The summed E-state index contributed by atoms with van der Waals surface area (Å²) in [6, 6.07) is 3.60. The molecular weight excluding hydrogens is 710 g/mol. The van der Waals surface area contributed by atoms with Gasteiger partial charge in [0.05, 0.1) is 16.8 Å². The highest BCUT2D eigenvalue weighted by atomic mass is 32.2. The van der Waals surface area contributed by atoms with E-state index in [1.165, 1.54) is 23.1 Å². The molecule has 4 heterocycles. The number of aromatic nitrogens is 3. The van der Waals surface area contributed by atoms with E-state index >= 15 is 0 Å². The predicted octanol–water partition coefficient (Wildman–Crippen LogP) is 2.91. The lowest BCUT2D eigenvalue weighted by Gasteiger charge is -2.30. The number of hydrogen-bond donors (Lipinski definition) is 3. The first-order valence-electron chi connectivity index (χ1n) is 17.9. The van der Waals surface area contributed by atoms with E-state index in [1.54, 1.807) is 26.8 Å². The van der Waals surface area contributed by atoms with Gasteiger partial charge in [-0.25, -0.2) is 22.8 Å². The van der Waals surface area contributed by atoms with Gasteiger partial charge in [-0.1, -0.05) is 36.2 Å². The Balaban J connectivity index is 1.20. The number of hydrogen-bond acceptors (Lipinski definition) is 11. The van der Waals surface area contributed by atoms with E-state index in [0.717, 1.165) is 12.8 Å². The van der Waals surface area contributed by atoms with Crippen LogP contribution >= 0.6 is 0 Å². The number of nitrogens with one attached hydrogen (secondary N) is 3. The van der Waals surface area contributed by atoms with E-state index in [2.05, 4.69) is 30.5 Å². The van der Waals surface area contributed by atoms with E-state index in [1.807, 2.05) is 12.2 Å². The maximum Gasteiger partial charge on any atom is 0.274 e. The van der Waals surface area contributed by atoms with Crippen molar-refractivity contribution in [1.29, 1.82) is 0 Å². The monoisotopic (exact) mass is 751 g/mol. The highest BCUT2D eigenvalue weighted by molar-refractivity contribution is 7.91. The number of nitrogens with zero attached hydrogens (tertiary/aromatic N) is 4. The van der Waals surface area contributed by atoms with E-state index in [-0.39, 0.29) is 42.9 Å². The summed E-state index contributed by atoms with van der Waals surface area (Å²) in [6.07, 6.45) is 6.87. The van der Waals surface area contributed by atoms with Crippen LogP contribution < -0.4 is 20.1 Å². The lowest BCUT2D eigenvalue weighted by atomic mass is 10.0. The first-order valence-corrected chi connectivity index (χ1v) is 19.4. The van der Waals surface area contributed by atoms with Gasteiger partial charge in [-0.15, -0.1) is 0 Å². The Labute approximate surface area is 305 Å². The van der Waals surface area contributed by atoms with Crippen LogP contribution in [0.5, 0.6) is 5.88 Å². The van der Waals surface area contributed by atoms with E-state index in [9.17, 15) is 32.0 Å². The van der Waals surface area contributed by atoms with Crippen molar-refractivity contribution in [3.8, 4) is 5.88 Å². The second kappa shape index (κ2) is 13.8. The molecule has 5 atom stereocenters. The molecule has 2 aliphatic heterocycles. The molecule has 3 aromatic rings. The number of halogens is 1. The summed E-state index contributed by atoms with van der Waals surface area (Å²) in [5.41, 5.74) is -0.871. The van der Waals surface area contributed by atoms with E-state index in [4.69, 9.17) is 9.26 Å². The van der Waals surface area contributed by atoms with Crippen molar-refractivity contribution in [3.05, 3.63) is 59.4 Å². The topological polar surface area (TPSA) is 203 Å². The maximum atomic E-state index is 14.7. The lowest BCUT2D eigenvalue weighted by Crippen LogP contribution is -2.58. The Morgan fingerprint density at radius 3 is 2.66 bits per heavy atom. The molecule has 2 saturated carbocycles. The Hall–Kier alpha value is -4.93. The molecule has 7 rings (SSSR count). The van der Waals surface area contributed by atoms with Gasteiger partial charge < -0.3 is 24.8 Å². The summed E-state index contributed by atoms with van der Waals surface area (Å²) in [7, 11) is -4.01. The molecule has 1 aromatic carbocycles. The van der Waals surface area contributed by atoms with Crippen molar-refractivity contribution < 1.29 is 41.2 Å². The number of aryl methyl sites for hydroxylation is 2. The van der Waals surface area contributed by atoms with Crippen molar-refractivity contribution in [2.45, 2.75) is 107 Å². The van der Waals surface area contributed by atoms with Crippen LogP contribution in [0.3, 0.4) is 0 Å². The van der Waals surface area contributed by atoms with Crippen LogP contribution in [0.1, 0.15) is 86.7 Å². The molecule has 4 amide bonds. The molecule has 282 valence electrons. The number of rotatable bonds is 7. The quantitative estimate of drug-likeness (QED) is 0.300. The zero-order valence-corrected chi connectivity index (χ0v) is 30.5. The Bertz CT molecular complexity index is 2120. The van der Waals surface area contributed by atoms with Crippen LogP contribution in [0.2, 0.25) is 0 Å². The first-order chi connectivity index (χ1) is 25.2. The van der Waals surface area contributed by atoms with E-state index in [0.29, 0.717) is 42.7 Å². The van der Waals surface area contributed by atoms with Crippen LogP contribution in [-0.4, -0.2) is 87.1 Å². The number of allylic oxidation sites excluding steroid dienone is 1. The maximum absolute atomic E-state index is 14.7. The highest BCUT2D eigenvalue weighted by Gasteiger charge is 2.63. The molecule has 15 nitrogen and oxygen atoms in total. The number of carbonyl (C=O) groups is 4. The van der Waals surface area contributed by atoms with Gasteiger partial charge in [0.2, 0.25) is 27.7 Å². The molecule has 0 bridgehead atoms. The fraction of sp³-hybridized carbons (Fsp3) is 0.528. The summed E-state index contributed by atoms with van der Waals surface area (Å²) in [5, 5.41) is 9.38. The van der Waals surface area contributed by atoms with Gasteiger partial charge in [-0.2, -0.15) is 0 Å². The highest BCUT2D eigenvalue weighted by Crippen LogP contribution is 2.47. The van der Waals surface area contributed by atoms with Crippen molar-refractivity contribution in [3.63, 3.8) is 0 Å². The summed E-state index contributed by atoms with van der Waals surface area (Å²) >= 11 is 0. The zero-order valence-electron chi connectivity index (χ0n) is 29.7. The SMILES string of the molecule is Cc1cc(C(=O)N[C@H]2CCCCC/C=C\[C@@H]3C[C@@]3(C(=O)NS(=O)(=O)C3(C)CC3)NC(=O)[C@@H]3C[C@@H](Oc4nc5c(F)cccc5nc4C)CN3C2=O)no1. The minimum atomic E-state index is -4.01. The molecule has 0 unspecified atom stereocenters. The summed E-state index contributed by atoms with van der Waals surface area (Å²) in [6.45, 7) is 4.74. The molecule has 2 aromatic heterocycles. The van der Waals surface area contributed by atoms with Crippen LogP contribution in [0.4, 0.5) is 4.39 Å². The van der Waals surface area contributed by atoms with Gasteiger partial charge in [0.1, 0.15) is 40.7 Å². The Morgan fingerprint density at radius 2 is 1.92 bits per heavy atom. The molecule has 2 aliphatic carbocycles. The van der Waals surface area contributed by atoms with E-state index < -0.39 is 73.9 Å². The molecule has 4 aliphatic rings. The second-order valence-corrected chi connectivity index (χ2v) is 17.0. The van der Waals surface area contributed by atoms with Gasteiger partial charge in [0, 0.05) is 18.4 Å². The average Bonchev–Trinajstić information content (AvgIpc) is 3.91. The van der Waals surface area contributed by atoms with Crippen LogP contribution in [0, 0.1) is 25.6 Å². The molecule has 0 radical (unpaired) electrons. The van der Waals surface area contributed by atoms with Gasteiger partial charge in [-0.05, 0) is 71.4 Å². The third-order valence-corrected chi connectivity index (χ3v) is 12.9. The van der Waals surface area contributed by atoms with Gasteiger partial charge in [-0.3, -0.25) is 23.9 Å². The Kier molecular flexibility index (Phi) is 9.49. The van der Waals surface area contributed by atoms with Crippen molar-refractivity contribution in [2.24, 2.45) is 5.92 Å². The molecular formula is C36H42FN7O8S. The number of carbonyl (C=O) groups excluding carboxylic acids is 4. The normalized spacial score (nSPS) is 27.7. The zero-order chi connectivity index (χ0) is 37.7. The average molecular weight is 752 g/mol. The molecule has 53 heavy (non-hydrogen) atoms. The number of amides is 4. The van der Waals surface area contributed by atoms with Crippen LogP contribution in [-0.2, 0) is 24.4 Å². The standard InChI is InChI=1S/C36H42FN7O8S/c1-20-16-27(42-52-20)30(45)39-26-12-8-6-4-5-7-10-22-18-36(22,34(48)43-53(49,50)35(3)14-15-35)41-31(46)28-17-23(19-44(28)33(26)47)51-32-21(2)38-25-13-9-11-24(37)29(25)40-32/h7,9-11,13,16,22-23,26,28H,4-6,8,12,14-15,17-19H2,1-3H3,(H,39,45)(H,41,46)(H,43,48)/b10-7-/t22-,23-,26+,28+,36-/m1/s1. The van der Waals surface area contributed by atoms with Crippen molar-refractivity contribution >= 4 is 44.7 Å². The van der Waals surface area contributed by atoms with Gasteiger partial charge in [0.15, 0.2) is 11.5 Å². The second-order valence-electron chi connectivity index (χ2n) is 14.8.